The molecule has 1 aliphatic carbocycles. The first-order valence-electron chi connectivity index (χ1n) is 4.12. The molecule has 2 N–H and O–H groups in total. The quantitative estimate of drug-likeness (QED) is 0.468. The van der Waals surface area contributed by atoms with Gasteiger partial charge in [0.2, 0.25) is 0 Å². The molecule has 1 aliphatic rings. The van der Waals surface area contributed by atoms with Gasteiger partial charge in [-0.15, -0.1) is 0 Å². The van der Waals surface area contributed by atoms with Crippen LogP contribution in [0.3, 0.4) is 0 Å². The molecule has 1 fully saturated rings. The first kappa shape index (κ1) is 1.48. The van der Waals surface area contributed by atoms with Gasteiger partial charge in [-0.1, -0.05) is 12.8 Å². The van der Waals surface area contributed by atoms with Crippen molar-refractivity contribution in [2.75, 3.05) is 0 Å². The van der Waals surface area contributed by atoms with Crippen LogP contribution < -0.4 is 5.73 Å². The fourth-order valence-corrected chi connectivity index (χ4v) is 0.528. The predicted octanol–water partition coefficient (Wildman–Crippen LogP) is 0.888. The van der Waals surface area contributed by atoms with Crippen LogP contribution in [0.5, 0.6) is 0 Å². The van der Waals surface area contributed by atoms with Crippen LogP contribution in [-0.4, -0.2) is 6.04 Å². The van der Waals surface area contributed by atoms with Crippen LogP contribution in [0.15, 0.2) is 0 Å². The van der Waals surface area contributed by atoms with E-state index in [9.17, 15) is 0 Å². The van der Waals surface area contributed by atoms with Crippen LogP contribution >= 0.6 is 0 Å². The minimum Gasteiger partial charge on any atom is -0.328 e. The smallest absolute Gasteiger partial charge is 0.0282 e. The van der Waals surface area contributed by atoms with Crippen molar-refractivity contribution in [3.8, 4) is 0 Å². The van der Waals surface area contributed by atoms with Gasteiger partial charge in [0.05, 0.1) is 0 Å². The lowest BCUT2D eigenvalue weighted by Gasteiger charge is -1.92. The molecule has 0 aromatic rings. The molecule has 1 rings (SSSR count). The minimum absolute atomic E-state index is 0.237. The van der Waals surface area contributed by atoms with Crippen molar-refractivity contribution >= 4 is 0 Å². The highest BCUT2D eigenvalue weighted by atomic mass is 14.6. The van der Waals surface area contributed by atoms with Gasteiger partial charge in [0.25, 0.3) is 0 Å². The molecule has 36 valence electrons. The van der Waals surface area contributed by atoms with Gasteiger partial charge in [0.15, 0.2) is 0 Å². The van der Waals surface area contributed by atoms with Gasteiger partial charge in [0, 0.05) is 11.5 Å². The lowest BCUT2D eigenvalue weighted by Crippen LogP contribution is -2.13. The van der Waals surface area contributed by atoms with Crippen LogP contribution in [0.25, 0.3) is 0 Å². The van der Waals surface area contributed by atoms with Crippen LogP contribution in [0.1, 0.15) is 31.1 Å². The molecule has 1 heteroatoms. The first-order chi connectivity index (χ1) is 4.36. The summed E-state index contributed by atoms with van der Waals surface area (Å²) in [4.78, 5) is 0. The van der Waals surface area contributed by atoms with Crippen molar-refractivity contribution < 1.29 is 5.48 Å². The molecule has 0 amide bonds. The van der Waals surface area contributed by atoms with E-state index in [1.165, 1.54) is 0 Å². The van der Waals surface area contributed by atoms with E-state index >= 15 is 0 Å². The summed E-state index contributed by atoms with van der Waals surface area (Å²) in [5.74, 6) is 0. The highest BCUT2D eigenvalue weighted by Gasteiger charge is 2.07. The molecule has 0 aliphatic heterocycles. The Morgan fingerprint density at radius 1 is 1.50 bits per heavy atom. The molecule has 0 atom stereocenters. The largest absolute Gasteiger partial charge is 0.328 e. The Morgan fingerprint density at radius 2 is 2.00 bits per heavy atom. The Hall–Kier alpha value is -0.0400. The Kier molecular flexibility index (Phi) is 0.396. The molecule has 0 spiro atoms. The molecular formula is C5H11N. The maximum Gasteiger partial charge on any atom is 0.0282 e. The molecule has 1 nitrogen and oxygen atoms in total. The van der Waals surface area contributed by atoms with E-state index in [0.29, 0.717) is 0 Å². The third-order valence-electron chi connectivity index (χ3n) is 0.854. The minimum atomic E-state index is -1.51. The lowest BCUT2D eigenvalue weighted by molar-refractivity contribution is 0.704. The van der Waals surface area contributed by atoms with Crippen molar-refractivity contribution in [1.82, 2.24) is 0 Å². The topological polar surface area (TPSA) is 26.0 Å². The summed E-state index contributed by atoms with van der Waals surface area (Å²) in [7, 11) is 0. The molecule has 1 saturated carbocycles. The number of rotatable bonds is 0. The molecule has 0 saturated heterocycles. The van der Waals surface area contributed by atoms with E-state index < -0.39 is 18.8 Å². The Balaban J connectivity index is 2.77. The van der Waals surface area contributed by atoms with E-state index in [1.807, 2.05) is 0 Å². The molecule has 0 aromatic carbocycles. The zero-order valence-corrected chi connectivity index (χ0v) is 3.57. The summed E-state index contributed by atoms with van der Waals surface area (Å²) in [6.45, 7) is 0. The second kappa shape index (κ2) is 1.61. The Morgan fingerprint density at radius 3 is 2.17 bits per heavy atom. The van der Waals surface area contributed by atoms with Crippen LogP contribution in [0.4, 0.5) is 0 Å². The highest BCUT2D eigenvalue weighted by molar-refractivity contribution is 4.67. The van der Waals surface area contributed by atoms with Crippen molar-refractivity contribution in [3.63, 3.8) is 0 Å². The van der Waals surface area contributed by atoms with Gasteiger partial charge in [-0.3, -0.25) is 0 Å². The van der Waals surface area contributed by atoms with Crippen molar-refractivity contribution in [2.45, 2.75) is 31.6 Å². The second-order valence-electron chi connectivity index (χ2n) is 1.39. The SMILES string of the molecule is [2H]C1([2H])CCC([2H])([2H])C1N. The van der Waals surface area contributed by atoms with Crippen LogP contribution in [0, 0.1) is 0 Å². The van der Waals surface area contributed by atoms with Crippen molar-refractivity contribution in [3.05, 3.63) is 0 Å². The standard InChI is InChI=1S/C5H11N/c6-5-3-1-2-4-5/h5H,1-4,6H2/i3D2,4D2. The fraction of sp³-hybridized carbons (Fsp3) is 1.00. The van der Waals surface area contributed by atoms with Gasteiger partial charge in [-0.2, -0.15) is 0 Å². The molecule has 0 heterocycles. The maximum absolute atomic E-state index is 7.25. The predicted molar refractivity (Wildman–Crippen MR) is 26.4 cm³/mol. The number of hydrogen-bond acceptors (Lipinski definition) is 1. The molecule has 6 heavy (non-hydrogen) atoms. The van der Waals surface area contributed by atoms with Crippen molar-refractivity contribution in [2.24, 2.45) is 5.73 Å². The second-order valence-corrected chi connectivity index (χ2v) is 1.39. The summed E-state index contributed by atoms with van der Waals surface area (Å²) < 4.78 is 29.0. The summed E-state index contributed by atoms with van der Waals surface area (Å²) in [5, 5.41) is 0. The van der Waals surface area contributed by atoms with Crippen LogP contribution in [0.2, 0.25) is 0 Å². The monoisotopic (exact) mass is 89.1 g/mol. The van der Waals surface area contributed by atoms with E-state index in [-0.39, 0.29) is 12.8 Å². The molecule has 0 bridgehead atoms. The fourth-order valence-electron chi connectivity index (χ4n) is 0.528. The maximum atomic E-state index is 7.25. The average molecular weight is 89.2 g/mol. The van der Waals surface area contributed by atoms with Crippen LogP contribution in [-0.2, 0) is 0 Å². The summed E-state index contributed by atoms with van der Waals surface area (Å²) >= 11 is 0. The van der Waals surface area contributed by atoms with Gasteiger partial charge >= 0.3 is 0 Å². The molecule has 0 radical (unpaired) electrons. The average Bonchev–Trinajstić information content (AvgIpc) is 1.95. The van der Waals surface area contributed by atoms with Crippen molar-refractivity contribution in [1.29, 1.82) is 0 Å². The zero-order chi connectivity index (χ0) is 7.99. The Bertz CT molecular complexity index is 129. The third-order valence-corrected chi connectivity index (χ3v) is 0.854. The number of hydrogen-bond donors (Lipinski definition) is 1. The summed E-state index contributed by atoms with van der Waals surface area (Å²) in [6, 6.07) is -0.958. The van der Waals surface area contributed by atoms with Gasteiger partial charge in [0.1, 0.15) is 0 Å². The number of nitrogens with two attached hydrogens (primary N) is 1. The lowest BCUT2D eigenvalue weighted by atomic mass is 10.3. The van der Waals surface area contributed by atoms with E-state index in [4.69, 9.17) is 11.2 Å². The van der Waals surface area contributed by atoms with Gasteiger partial charge < -0.3 is 5.73 Å². The normalized spacial score (nSPS) is 52.2. The first-order valence-corrected chi connectivity index (χ1v) is 2.12. The van der Waals surface area contributed by atoms with E-state index in [0.717, 1.165) is 0 Å². The van der Waals surface area contributed by atoms with Gasteiger partial charge in [-0.05, 0) is 12.7 Å². The molecule has 0 unspecified atom stereocenters. The van der Waals surface area contributed by atoms with Gasteiger partial charge in [-0.25, -0.2) is 0 Å². The third kappa shape index (κ3) is 0.716. The Labute approximate surface area is 44.2 Å². The zero-order valence-electron chi connectivity index (χ0n) is 7.57. The summed E-state index contributed by atoms with van der Waals surface area (Å²) in [5.41, 5.74) is 5.34. The van der Waals surface area contributed by atoms with E-state index in [2.05, 4.69) is 0 Å². The summed E-state index contributed by atoms with van der Waals surface area (Å²) in [6.07, 6.45) is -2.55. The highest BCUT2D eigenvalue weighted by Crippen LogP contribution is 2.14. The van der Waals surface area contributed by atoms with E-state index in [1.54, 1.807) is 0 Å². The molecular weight excluding hydrogens is 74.1 g/mol. The molecule has 0 aromatic heterocycles.